The Bertz CT molecular complexity index is 50.1. The molecule has 0 rings (SSSR count). The summed E-state index contributed by atoms with van der Waals surface area (Å²) >= 11 is -1.39. The van der Waals surface area contributed by atoms with Crippen molar-refractivity contribution in [2.75, 3.05) is 0 Å². The van der Waals surface area contributed by atoms with Gasteiger partial charge in [-0.2, -0.15) is 0 Å². The molecule has 0 spiro atoms. The first-order valence-electron chi connectivity index (χ1n) is 4.24. The molecule has 0 aliphatic carbocycles. The average Bonchev–Trinajstić information content (AvgIpc) is 1.95. The van der Waals surface area contributed by atoms with Gasteiger partial charge in [0.1, 0.15) is 0 Å². The van der Waals surface area contributed by atoms with Crippen LogP contribution in [0.2, 0.25) is 17.7 Å². The molecule has 60 valence electrons. The summed E-state index contributed by atoms with van der Waals surface area (Å²) in [7, 11) is 0. The number of hydrogen-bond acceptors (Lipinski definition) is 0. The summed E-state index contributed by atoms with van der Waals surface area (Å²) in [5, 5.41) is 0. The van der Waals surface area contributed by atoms with Gasteiger partial charge in [0.15, 0.2) is 0 Å². The Kier molecular flexibility index (Phi) is 10.3. The maximum Gasteiger partial charge on any atom is 0 e. The molecule has 0 amide bonds. The van der Waals surface area contributed by atoms with E-state index in [0.717, 1.165) is 0 Å². The van der Waals surface area contributed by atoms with Crippen LogP contribution in [-0.4, -0.2) is 42.3 Å². The molecule has 4 radical (unpaired) electrons. The van der Waals surface area contributed by atoms with Crippen molar-refractivity contribution < 1.29 is 0 Å². The molecule has 0 bridgehead atoms. The third-order valence-electron chi connectivity index (χ3n) is 3.00. The molecule has 0 saturated carbocycles. The van der Waals surface area contributed by atoms with Gasteiger partial charge in [-0.25, -0.2) is 0 Å². The van der Waals surface area contributed by atoms with Gasteiger partial charge in [-0.1, -0.05) is 0 Å². The van der Waals surface area contributed by atoms with Gasteiger partial charge in [-0.15, -0.1) is 0 Å². The molecule has 0 fully saturated rings. The smallest absolute Gasteiger partial charge is 0 e. The minimum Gasteiger partial charge on any atom is 0 e. The second-order valence-corrected chi connectivity index (χ2v) is 19.5. The van der Waals surface area contributed by atoms with Crippen LogP contribution < -0.4 is 0 Å². The van der Waals surface area contributed by atoms with Crippen LogP contribution in [0.5, 0.6) is 0 Å². The van der Waals surface area contributed by atoms with Gasteiger partial charge in [-0.3, -0.25) is 0 Å². The van der Waals surface area contributed by atoms with Gasteiger partial charge in [0, 0.05) is 23.9 Å². The van der Waals surface area contributed by atoms with E-state index >= 15 is 0 Å². The molecule has 0 aromatic heterocycles. The summed E-state index contributed by atoms with van der Waals surface area (Å²) < 4.78 is 6.22. The third kappa shape index (κ3) is 3.84. The van der Waals surface area contributed by atoms with Gasteiger partial charge in [0.2, 0.25) is 0 Å². The first-order valence-corrected chi connectivity index (χ1v) is 12.3. The van der Waals surface area contributed by atoms with Gasteiger partial charge >= 0.3 is 63.8 Å². The maximum absolute atomic E-state index is 2.40. The van der Waals surface area contributed by atoms with Gasteiger partial charge in [0.05, 0.1) is 0 Å². The molecule has 0 unspecified atom stereocenters. The molecule has 0 aliphatic rings. The second-order valence-electron chi connectivity index (χ2n) is 2.91. The van der Waals surface area contributed by atoms with E-state index in [1.54, 1.807) is 17.7 Å². The van der Waals surface area contributed by atoms with Crippen LogP contribution in [0.3, 0.4) is 0 Å². The zero-order valence-corrected chi connectivity index (χ0v) is 13.5. The molecular formula is C8H20Sn2. The zero-order chi connectivity index (χ0) is 7.33. The number of rotatable bonds is 4. The van der Waals surface area contributed by atoms with Crippen LogP contribution in [0.15, 0.2) is 0 Å². The van der Waals surface area contributed by atoms with E-state index in [-0.39, 0.29) is 23.9 Å². The predicted molar refractivity (Wildman–Crippen MR) is 53.4 cm³/mol. The average molecular weight is 354 g/mol. The fourth-order valence-corrected chi connectivity index (χ4v) is 10.1. The molecule has 0 heterocycles. The van der Waals surface area contributed by atoms with Crippen molar-refractivity contribution in [3.05, 3.63) is 0 Å². The molecule has 0 N–H and O–H groups in total. The largest absolute Gasteiger partial charge is 0 e. The Balaban J connectivity index is 0. The summed E-state index contributed by atoms with van der Waals surface area (Å²) in [4.78, 5) is 0. The minimum atomic E-state index is -1.39. The first-order chi connectivity index (χ1) is 4.24. The van der Waals surface area contributed by atoms with Crippen molar-refractivity contribution in [2.24, 2.45) is 0 Å². The Morgan fingerprint density at radius 1 is 0.700 bits per heavy atom. The predicted octanol–water partition coefficient (Wildman–Crippen LogP) is 3.13. The van der Waals surface area contributed by atoms with Crippen molar-refractivity contribution in [3.63, 3.8) is 0 Å². The van der Waals surface area contributed by atoms with E-state index in [1.807, 2.05) is 0 Å². The van der Waals surface area contributed by atoms with Crippen LogP contribution >= 0.6 is 0 Å². The van der Waals surface area contributed by atoms with Gasteiger partial charge < -0.3 is 0 Å². The second kappa shape index (κ2) is 7.26. The normalized spacial score (nSPS) is 10.8. The summed E-state index contributed by atoms with van der Waals surface area (Å²) in [6.45, 7) is 9.58. The molecule has 0 nitrogen and oxygen atoms in total. The fourth-order valence-electron chi connectivity index (χ4n) is 1.50. The van der Waals surface area contributed by atoms with Crippen LogP contribution in [0, 0.1) is 0 Å². The Hall–Kier alpha value is 1.60. The van der Waals surface area contributed by atoms with Crippen molar-refractivity contribution in [1.29, 1.82) is 0 Å². The van der Waals surface area contributed by atoms with E-state index in [0.29, 0.717) is 0 Å². The molecule has 0 aromatic carbocycles. The van der Waals surface area contributed by atoms with Crippen molar-refractivity contribution in [3.8, 4) is 0 Å². The van der Waals surface area contributed by atoms with E-state index in [9.17, 15) is 0 Å². The molecule has 10 heavy (non-hydrogen) atoms. The first kappa shape index (κ1) is 14.1. The topological polar surface area (TPSA) is 0 Å². The van der Waals surface area contributed by atoms with Crippen molar-refractivity contribution in [1.82, 2.24) is 0 Å². The minimum absolute atomic E-state index is 0. The standard InChI is InChI=1S/4C2H5.2Sn/c4*1-2;;/h4*1H2,2H3;;. The molecule has 0 saturated heterocycles. The Morgan fingerprint density at radius 3 is 0.900 bits per heavy atom. The Morgan fingerprint density at radius 2 is 0.900 bits per heavy atom. The van der Waals surface area contributed by atoms with Crippen molar-refractivity contribution >= 4 is 42.3 Å². The quantitative estimate of drug-likeness (QED) is 0.681. The number of hydrogen-bond donors (Lipinski definition) is 0. The van der Waals surface area contributed by atoms with Gasteiger partial charge in [0.25, 0.3) is 0 Å². The van der Waals surface area contributed by atoms with E-state index in [2.05, 4.69) is 27.7 Å². The van der Waals surface area contributed by atoms with E-state index in [4.69, 9.17) is 0 Å². The molecule has 0 aromatic rings. The summed E-state index contributed by atoms with van der Waals surface area (Å²) in [5.74, 6) is 0. The van der Waals surface area contributed by atoms with Crippen LogP contribution in [0.4, 0.5) is 0 Å². The molecule has 0 aliphatic heterocycles. The fraction of sp³-hybridized carbons (Fsp3) is 1.00. The zero-order valence-electron chi connectivity index (χ0n) is 7.83. The van der Waals surface area contributed by atoms with E-state index in [1.165, 1.54) is 0 Å². The van der Waals surface area contributed by atoms with Gasteiger partial charge in [-0.05, 0) is 0 Å². The summed E-state index contributed by atoms with van der Waals surface area (Å²) in [5.41, 5.74) is 0. The Labute approximate surface area is 87.0 Å². The van der Waals surface area contributed by atoms with E-state index < -0.39 is 18.4 Å². The van der Waals surface area contributed by atoms with Crippen LogP contribution in [0.1, 0.15) is 27.7 Å². The summed E-state index contributed by atoms with van der Waals surface area (Å²) in [6, 6.07) is 0. The molecule has 2 heteroatoms. The third-order valence-corrected chi connectivity index (χ3v) is 20.1. The molecular weight excluding hydrogens is 334 g/mol. The van der Waals surface area contributed by atoms with Crippen molar-refractivity contribution in [2.45, 2.75) is 45.4 Å². The monoisotopic (exact) mass is 356 g/mol. The van der Waals surface area contributed by atoms with Crippen LogP contribution in [0.25, 0.3) is 0 Å². The van der Waals surface area contributed by atoms with Crippen LogP contribution in [-0.2, 0) is 0 Å². The molecule has 0 atom stereocenters. The summed E-state index contributed by atoms with van der Waals surface area (Å²) in [6.07, 6.45) is 0. The maximum atomic E-state index is 2.40. The SMILES string of the molecule is C[CH2][Sn]([CH2]C)([CH2]C)[CH2]C.[Sn].